The van der Waals surface area contributed by atoms with Gasteiger partial charge in [0.15, 0.2) is 5.96 Å². The second-order valence-corrected chi connectivity index (χ2v) is 6.51. The summed E-state index contributed by atoms with van der Waals surface area (Å²) < 4.78 is 3.18. The van der Waals surface area contributed by atoms with E-state index in [2.05, 4.69) is 49.8 Å². The third kappa shape index (κ3) is 6.36. The number of nitriles is 1. The highest BCUT2D eigenvalue weighted by Crippen LogP contribution is 2.15. The van der Waals surface area contributed by atoms with Gasteiger partial charge in [-0.3, -0.25) is 0 Å². The summed E-state index contributed by atoms with van der Waals surface area (Å²) in [7, 11) is 4.07. The second kappa shape index (κ2) is 10.5. The number of aryl methyl sites for hydroxylation is 1. The van der Waals surface area contributed by atoms with Gasteiger partial charge >= 0.3 is 0 Å². The van der Waals surface area contributed by atoms with E-state index in [9.17, 15) is 0 Å². The highest BCUT2D eigenvalue weighted by molar-refractivity contribution is 14.0. The topological polar surface area (TPSA) is 56.4 Å². The standard InChI is InChI=1S/C18H22BrN5.HI/c1-4-21-18(22-11-15-7-5-14(10-20)6-8-15)24(3)13-17-9-16(19)12-23(17)2;/h5-9,12H,4,11,13H2,1-3H3,(H,21,22);1H. The van der Waals surface area contributed by atoms with Gasteiger partial charge in [0.25, 0.3) is 0 Å². The van der Waals surface area contributed by atoms with Gasteiger partial charge in [0.2, 0.25) is 0 Å². The molecule has 0 aliphatic rings. The Kier molecular flexibility index (Phi) is 9.00. The average molecular weight is 516 g/mol. The summed E-state index contributed by atoms with van der Waals surface area (Å²) >= 11 is 3.51. The molecule has 134 valence electrons. The van der Waals surface area contributed by atoms with Crippen LogP contribution in [0.1, 0.15) is 23.7 Å². The number of aromatic nitrogens is 1. The van der Waals surface area contributed by atoms with Crippen LogP contribution in [0.25, 0.3) is 0 Å². The first-order valence-corrected chi connectivity index (χ1v) is 8.62. The molecule has 25 heavy (non-hydrogen) atoms. The smallest absolute Gasteiger partial charge is 0.194 e. The first-order valence-electron chi connectivity index (χ1n) is 7.82. The maximum Gasteiger partial charge on any atom is 0.194 e. The van der Waals surface area contributed by atoms with Crippen molar-refractivity contribution in [1.29, 1.82) is 5.26 Å². The summed E-state index contributed by atoms with van der Waals surface area (Å²) in [5.74, 6) is 0.860. The van der Waals surface area contributed by atoms with Crippen LogP contribution in [0.4, 0.5) is 0 Å². The molecular formula is C18H23BrIN5. The monoisotopic (exact) mass is 515 g/mol. The van der Waals surface area contributed by atoms with Crippen LogP contribution >= 0.6 is 39.9 Å². The van der Waals surface area contributed by atoms with Gasteiger partial charge in [0.05, 0.1) is 24.7 Å². The van der Waals surface area contributed by atoms with Crippen LogP contribution in [0, 0.1) is 11.3 Å². The van der Waals surface area contributed by atoms with Crippen molar-refractivity contribution in [3.05, 3.63) is 57.8 Å². The van der Waals surface area contributed by atoms with E-state index in [1.807, 2.05) is 44.6 Å². The predicted molar refractivity (Wildman–Crippen MR) is 116 cm³/mol. The number of halogens is 2. The third-order valence-electron chi connectivity index (χ3n) is 3.66. The quantitative estimate of drug-likeness (QED) is 0.373. The highest BCUT2D eigenvalue weighted by Gasteiger charge is 2.09. The molecule has 0 bridgehead atoms. The van der Waals surface area contributed by atoms with Gasteiger partial charge < -0.3 is 14.8 Å². The second-order valence-electron chi connectivity index (χ2n) is 5.60. The minimum atomic E-state index is 0. The highest BCUT2D eigenvalue weighted by atomic mass is 127. The molecule has 7 heteroatoms. The van der Waals surface area contributed by atoms with Crippen LogP contribution in [-0.4, -0.2) is 29.0 Å². The molecule has 0 amide bonds. The lowest BCUT2D eigenvalue weighted by molar-refractivity contribution is 0.462. The molecule has 0 fully saturated rings. The first kappa shape index (κ1) is 21.5. The van der Waals surface area contributed by atoms with Gasteiger partial charge in [-0.15, -0.1) is 24.0 Å². The Labute approximate surface area is 174 Å². The van der Waals surface area contributed by atoms with E-state index >= 15 is 0 Å². The predicted octanol–water partition coefficient (Wildman–Crippen LogP) is 3.87. The zero-order valence-electron chi connectivity index (χ0n) is 14.7. The molecular weight excluding hydrogens is 493 g/mol. The first-order chi connectivity index (χ1) is 11.5. The molecule has 0 spiro atoms. The van der Waals surface area contributed by atoms with Gasteiger partial charge in [0, 0.05) is 37.0 Å². The van der Waals surface area contributed by atoms with Gasteiger partial charge in [-0.2, -0.15) is 5.26 Å². The van der Waals surface area contributed by atoms with Crippen LogP contribution in [0.15, 0.2) is 46.0 Å². The largest absolute Gasteiger partial charge is 0.357 e. The number of nitrogens with one attached hydrogen (secondary N) is 1. The number of hydrogen-bond donors (Lipinski definition) is 1. The number of benzene rings is 1. The molecule has 1 N–H and O–H groups in total. The molecule has 1 aromatic carbocycles. The van der Waals surface area contributed by atoms with Crippen LogP contribution in [0.2, 0.25) is 0 Å². The lowest BCUT2D eigenvalue weighted by Gasteiger charge is -2.22. The Bertz CT molecular complexity index is 746. The van der Waals surface area contributed by atoms with E-state index in [4.69, 9.17) is 10.3 Å². The van der Waals surface area contributed by atoms with Crippen molar-refractivity contribution in [2.75, 3.05) is 13.6 Å². The molecule has 2 aromatic rings. The Hall–Kier alpha value is -1.53. The van der Waals surface area contributed by atoms with Crippen molar-refractivity contribution in [2.24, 2.45) is 12.0 Å². The number of guanidine groups is 1. The van der Waals surface area contributed by atoms with Crippen LogP contribution in [-0.2, 0) is 20.1 Å². The molecule has 0 aliphatic carbocycles. The normalized spacial score (nSPS) is 10.8. The summed E-state index contributed by atoms with van der Waals surface area (Å²) in [5, 5.41) is 12.2. The van der Waals surface area contributed by atoms with Gasteiger partial charge in [0.1, 0.15) is 0 Å². The summed E-state index contributed by atoms with van der Waals surface area (Å²) in [4.78, 5) is 6.81. The number of rotatable bonds is 5. The maximum absolute atomic E-state index is 8.85. The van der Waals surface area contributed by atoms with E-state index in [1.165, 1.54) is 5.69 Å². The lowest BCUT2D eigenvalue weighted by Crippen LogP contribution is -2.38. The minimum Gasteiger partial charge on any atom is -0.357 e. The molecule has 1 aromatic heterocycles. The summed E-state index contributed by atoms with van der Waals surface area (Å²) in [6.45, 7) is 4.22. The van der Waals surface area contributed by atoms with Crippen molar-refractivity contribution in [3.63, 3.8) is 0 Å². The van der Waals surface area contributed by atoms with E-state index in [-0.39, 0.29) is 24.0 Å². The van der Waals surface area contributed by atoms with Gasteiger partial charge in [-0.05, 0) is 46.6 Å². The Balaban J connectivity index is 0.00000312. The SMILES string of the molecule is CCNC(=NCc1ccc(C#N)cc1)N(C)Cc1cc(Br)cn1C.I. The van der Waals surface area contributed by atoms with Crippen molar-refractivity contribution >= 4 is 45.9 Å². The Morgan fingerprint density at radius 3 is 2.56 bits per heavy atom. The van der Waals surface area contributed by atoms with Gasteiger partial charge in [-0.25, -0.2) is 4.99 Å². The van der Waals surface area contributed by atoms with Crippen molar-refractivity contribution < 1.29 is 0 Å². The fraction of sp³-hybridized carbons (Fsp3) is 0.333. The van der Waals surface area contributed by atoms with Crippen LogP contribution in [0.5, 0.6) is 0 Å². The number of hydrogen-bond acceptors (Lipinski definition) is 2. The molecule has 0 radical (unpaired) electrons. The fourth-order valence-electron chi connectivity index (χ4n) is 2.36. The summed E-state index contributed by atoms with van der Waals surface area (Å²) in [6, 6.07) is 11.8. The minimum absolute atomic E-state index is 0. The molecule has 0 saturated heterocycles. The van der Waals surface area contributed by atoms with E-state index in [1.54, 1.807) is 0 Å². The number of nitrogens with zero attached hydrogens (tertiary/aromatic N) is 4. The maximum atomic E-state index is 8.85. The van der Waals surface area contributed by atoms with E-state index < -0.39 is 0 Å². The van der Waals surface area contributed by atoms with Gasteiger partial charge in [-0.1, -0.05) is 12.1 Å². The molecule has 0 aliphatic heterocycles. The van der Waals surface area contributed by atoms with Crippen molar-refractivity contribution in [2.45, 2.75) is 20.0 Å². The Morgan fingerprint density at radius 1 is 1.36 bits per heavy atom. The Morgan fingerprint density at radius 2 is 2.04 bits per heavy atom. The zero-order chi connectivity index (χ0) is 17.5. The van der Waals surface area contributed by atoms with Crippen LogP contribution < -0.4 is 5.32 Å². The van der Waals surface area contributed by atoms with E-state index in [0.717, 1.165) is 29.1 Å². The molecule has 0 unspecified atom stereocenters. The van der Waals surface area contributed by atoms with Crippen molar-refractivity contribution in [3.8, 4) is 6.07 Å². The summed E-state index contributed by atoms with van der Waals surface area (Å²) in [5.41, 5.74) is 2.95. The van der Waals surface area contributed by atoms with Crippen LogP contribution in [0.3, 0.4) is 0 Å². The molecule has 5 nitrogen and oxygen atoms in total. The fourth-order valence-corrected chi connectivity index (χ4v) is 2.93. The van der Waals surface area contributed by atoms with Crippen molar-refractivity contribution in [1.82, 2.24) is 14.8 Å². The molecule has 0 atom stereocenters. The zero-order valence-corrected chi connectivity index (χ0v) is 18.6. The molecule has 1 heterocycles. The number of aliphatic imine (C=N–C) groups is 1. The average Bonchev–Trinajstić information content (AvgIpc) is 2.89. The molecule has 2 rings (SSSR count). The lowest BCUT2D eigenvalue weighted by atomic mass is 10.1. The summed E-state index contributed by atoms with van der Waals surface area (Å²) in [6.07, 6.45) is 2.05. The van der Waals surface area contributed by atoms with E-state index in [0.29, 0.717) is 12.1 Å². The molecule has 0 saturated carbocycles. The third-order valence-corrected chi connectivity index (χ3v) is 4.10.